The largest absolute Gasteiger partial charge is 0.498 e. The summed E-state index contributed by atoms with van der Waals surface area (Å²) >= 11 is 5.75. The Labute approximate surface area is 259 Å². The van der Waals surface area contributed by atoms with Crippen molar-refractivity contribution in [3.63, 3.8) is 0 Å². The molecule has 0 unspecified atom stereocenters. The molecular weight excluding hydrogens is 573 g/mol. The minimum atomic E-state index is -4.69. The van der Waals surface area contributed by atoms with Crippen LogP contribution >= 0.6 is 12.2 Å². The number of alkyl halides is 3. The van der Waals surface area contributed by atoms with E-state index in [1.54, 1.807) is 31.9 Å². The molecule has 6 nitrogen and oxygen atoms in total. The first kappa shape index (κ1) is 37.2. The summed E-state index contributed by atoms with van der Waals surface area (Å²) in [5.74, 6) is 3.61. The SMILES string of the molecule is C#CC(C)(C)N(C(=S)N(C)c1ccc(C#N)c(C(F)(F)F)c1)c1ccc(C2=CC=C(OCCCO)CC2)cc1.CC.CN. The number of halogens is 3. The number of nitriles is 1. The molecule has 232 valence electrons. The molecule has 10 heteroatoms. The lowest BCUT2D eigenvalue weighted by Gasteiger charge is -2.40. The van der Waals surface area contributed by atoms with E-state index in [1.807, 2.05) is 50.3 Å². The highest BCUT2D eigenvalue weighted by Crippen LogP contribution is 2.36. The van der Waals surface area contributed by atoms with Crippen LogP contribution in [0.4, 0.5) is 24.5 Å². The van der Waals surface area contributed by atoms with Crippen LogP contribution in [0, 0.1) is 23.7 Å². The number of rotatable bonds is 8. The van der Waals surface area contributed by atoms with Gasteiger partial charge in [-0.1, -0.05) is 38.0 Å². The summed E-state index contributed by atoms with van der Waals surface area (Å²) in [4.78, 5) is 3.17. The maximum absolute atomic E-state index is 13.6. The van der Waals surface area contributed by atoms with Gasteiger partial charge in [0.2, 0.25) is 0 Å². The Kier molecular flexibility index (Phi) is 15.0. The Morgan fingerprint density at radius 3 is 2.16 bits per heavy atom. The monoisotopic (exact) mass is 614 g/mol. The Morgan fingerprint density at radius 2 is 1.67 bits per heavy atom. The van der Waals surface area contributed by atoms with Crippen molar-refractivity contribution in [3.05, 3.63) is 77.1 Å². The predicted octanol–water partition coefficient (Wildman–Crippen LogP) is 7.28. The lowest BCUT2D eigenvalue weighted by Crippen LogP contribution is -2.52. The van der Waals surface area contributed by atoms with Crippen molar-refractivity contribution in [2.45, 2.75) is 58.7 Å². The summed E-state index contributed by atoms with van der Waals surface area (Å²) in [6.45, 7) is 8.17. The molecule has 0 amide bonds. The number of ether oxygens (including phenoxy) is 1. The first-order valence-electron chi connectivity index (χ1n) is 13.9. The molecule has 0 spiro atoms. The van der Waals surface area contributed by atoms with Gasteiger partial charge >= 0.3 is 6.18 Å². The molecule has 0 saturated heterocycles. The highest BCUT2D eigenvalue weighted by Gasteiger charge is 2.35. The molecule has 0 aromatic heterocycles. The van der Waals surface area contributed by atoms with Crippen LogP contribution in [0.15, 0.2) is 60.4 Å². The molecule has 3 N–H and O–H groups in total. The second-order valence-corrected chi connectivity index (χ2v) is 9.88. The number of aliphatic hydroxyl groups excluding tert-OH is 1. The third-order valence-corrected chi connectivity index (χ3v) is 6.86. The smallest absolute Gasteiger partial charge is 0.417 e. The van der Waals surface area contributed by atoms with Gasteiger partial charge in [-0.2, -0.15) is 18.4 Å². The van der Waals surface area contributed by atoms with E-state index in [2.05, 4.69) is 11.7 Å². The van der Waals surface area contributed by atoms with Gasteiger partial charge < -0.3 is 25.4 Å². The number of anilines is 2. The highest BCUT2D eigenvalue weighted by molar-refractivity contribution is 7.80. The number of hydrogen-bond donors (Lipinski definition) is 2. The molecule has 0 aliphatic heterocycles. The molecule has 1 aliphatic carbocycles. The van der Waals surface area contributed by atoms with E-state index in [9.17, 15) is 13.2 Å². The number of nitrogens with two attached hydrogens (primary N) is 1. The van der Waals surface area contributed by atoms with E-state index in [1.165, 1.54) is 18.0 Å². The van der Waals surface area contributed by atoms with Crippen LogP contribution in [-0.4, -0.2) is 43.1 Å². The normalized spacial score (nSPS) is 12.5. The van der Waals surface area contributed by atoms with Crippen LogP contribution in [0.2, 0.25) is 0 Å². The second-order valence-electron chi connectivity index (χ2n) is 9.52. The Morgan fingerprint density at radius 1 is 1.07 bits per heavy atom. The zero-order valence-corrected chi connectivity index (χ0v) is 26.4. The summed E-state index contributed by atoms with van der Waals surface area (Å²) in [6, 6.07) is 12.7. The second kappa shape index (κ2) is 17.3. The highest BCUT2D eigenvalue weighted by atomic mass is 32.1. The third-order valence-electron chi connectivity index (χ3n) is 6.40. The van der Waals surface area contributed by atoms with E-state index in [4.69, 9.17) is 33.7 Å². The van der Waals surface area contributed by atoms with Gasteiger partial charge in [0.1, 0.15) is 5.54 Å². The van der Waals surface area contributed by atoms with Crippen LogP contribution in [0.5, 0.6) is 0 Å². The van der Waals surface area contributed by atoms with E-state index < -0.39 is 22.8 Å². The summed E-state index contributed by atoms with van der Waals surface area (Å²) in [5.41, 5.74) is 5.12. The fraction of sp³-hybridized carbons (Fsp3) is 0.394. The molecule has 1 aliphatic rings. The van der Waals surface area contributed by atoms with Crippen molar-refractivity contribution in [1.29, 1.82) is 5.26 Å². The molecule has 43 heavy (non-hydrogen) atoms. The Balaban J connectivity index is 0.00000221. The number of allylic oxidation sites excluding steroid dienone is 4. The van der Waals surface area contributed by atoms with Gasteiger partial charge in [0.05, 0.1) is 29.6 Å². The van der Waals surface area contributed by atoms with Gasteiger partial charge in [0.15, 0.2) is 5.11 Å². The van der Waals surface area contributed by atoms with Gasteiger partial charge in [-0.3, -0.25) is 0 Å². The molecule has 0 heterocycles. The summed E-state index contributed by atoms with van der Waals surface area (Å²) in [7, 11) is 3.07. The number of benzene rings is 2. The maximum Gasteiger partial charge on any atom is 0.417 e. The van der Waals surface area contributed by atoms with Crippen molar-refractivity contribution in [3.8, 4) is 18.4 Å². The Bertz CT molecular complexity index is 1350. The first-order chi connectivity index (χ1) is 20.4. The van der Waals surface area contributed by atoms with Crippen LogP contribution in [0.3, 0.4) is 0 Å². The van der Waals surface area contributed by atoms with Crippen molar-refractivity contribution in [1.82, 2.24) is 0 Å². The van der Waals surface area contributed by atoms with E-state index in [0.717, 1.165) is 41.9 Å². The van der Waals surface area contributed by atoms with Crippen molar-refractivity contribution in [2.75, 3.05) is 37.1 Å². The molecule has 0 saturated carbocycles. The number of hydrogen-bond acceptors (Lipinski definition) is 5. The third kappa shape index (κ3) is 9.86. The van der Waals surface area contributed by atoms with Crippen molar-refractivity contribution in [2.24, 2.45) is 5.73 Å². The molecule has 2 aromatic carbocycles. The lowest BCUT2D eigenvalue weighted by atomic mass is 9.95. The van der Waals surface area contributed by atoms with Crippen LogP contribution in [-0.2, 0) is 10.9 Å². The molecular formula is C33H41F3N4O2S. The number of terminal acetylenes is 1. The summed E-state index contributed by atoms with van der Waals surface area (Å²) in [5, 5.41) is 18.2. The zero-order valence-electron chi connectivity index (χ0n) is 25.6. The minimum Gasteiger partial charge on any atom is -0.498 e. The molecule has 2 aromatic rings. The van der Waals surface area contributed by atoms with Crippen LogP contribution in [0.25, 0.3) is 5.57 Å². The molecule has 0 bridgehead atoms. The van der Waals surface area contributed by atoms with E-state index >= 15 is 0 Å². The first-order valence-corrected chi connectivity index (χ1v) is 14.3. The molecule has 0 radical (unpaired) electrons. The number of aliphatic hydroxyl groups is 1. The van der Waals surface area contributed by atoms with Crippen LogP contribution < -0.4 is 15.5 Å². The van der Waals surface area contributed by atoms with Gasteiger partial charge in [-0.15, -0.1) is 6.42 Å². The minimum absolute atomic E-state index is 0.0928. The lowest BCUT2D eigenvalue weighted by molar-refractivity contribution is -0.137. The average Bonchev–Trinajstić information content (AvgIpc) is 3.02. The fourth-order valence-corrected chi connectivity index (χ4v) is 4.58. The van der Waals surface area contributed by atoms with Crippen molar-refractivity contribution < 1.29 is 23.0 Å². The number of nitrogens with zero attached hydrogens (tertiary/aromatic N) is 3. The maximum atomic E-state index is 13.6. The van der Waals surface area contributed by atoms with Crippen LogP contribution in [0.1, 0.15) is 63.6 Å². The number of thiocarbonyl (C=S) groups is 1. The fourth-order valence-electron chi connectivity index (χ4n) is 4.14. The van der Waals surface area contributed by atoms with Gasteiger partial charge in [-0.25, -0.2) is 0 Å². The van der Waals surface area contributed by atoms with Gasteiger partial charge in [-0.05, 0) is 87.1 Å². The van der Waals surface area contributed by atoms with E-state index in [-0.39, 0.29) is 17.4 Å². The standard InChI is InChI=1S/C30H30F3N3O2S.C2H6.CH5N/c1-5-29(2,3)36(28(39)35(4)25-14-9-23(20-34)27(19-25)30(31,32)33)24-12-7-21(8-13-24)22-10-15-26(16-11-22)38-18-6-17-37;2*1-2/h1,7-10,12-15,19,37H,6,11,16-18H2,2-4H3;1-2H3;2H2,1H3. The van der Waals surface area contributed by atoms with Crippen molar-refractivity contribution >= 4 is 34.3 Å². The average molecular weight is 615 g/mol. The molecule has 0 fully saturated rings. The Hall–Kier alpha value is -3.83. The summed E-state index contributed by atoms with van der Waals surface area (Å²) < 4.78 is 46.4. The van der Waals surface area contributed by atoms with E-state index in [0.29, 0.717) is 18.7 Å². The van der Waals surface area contributed by atoms with Gasteiger partial charge in [0, 0.05) is 37.9 Å². The van der Waals surface area contributed by atoms with Gasteiger partial charge in [0.25, 0.3) is 0 Å². The molecule has 0 atom stereocenters. The summed E-state index contributed by atoms with van der Waals surface area (Å²) in [6.07, 6.45) is 7.25. The quantitative estimate of drug-likeness (QED) is 0.184. The molecule has 3 rings (SSSR count). The predicted molar refractivity (Wildman–Crippen MR) is 173 cm³/mol. The zero-order chi connectivity index (χ0) is 32.8. The topological polar surface area (TPSA) is 85.8 Å².